The van der Waals surface area contributed by atoms with Crippen LogP contribution >= 0.6 is 0 Å². The van der Waals surface area contributed by atoms with E-state index in [1.165, 1.54) is 32.1 Å². The van der Waals surface area contributed by atoms with Gasteiger partial charge in [0.15, 0.2) is 0 Å². The number of rotatable bonds is 3. The van der Waals surface area contributed by atoms with Gasteiger partial charge in [0.2, 0.25) is 0 Å². The molecule has 2 saturated carbocycles. The van der Waals surface area contributed by atoms with Crippen molar-refractivity contribution in [2.45, 2.75) is 52.4 Å². The molecule has 0 heterocycles. The lowest BCUT2D eigenvalue weighted by molar-refractivity contribution is -0.118. The van der Waals surface area contributed by atoms with Crippen LogP contribution in [0, 0.1) is 17.3 Å². The second kappa shape index (κ2) is 3.11. The second-order valence-corrected chi connectivity index (χ2v) is 5.32. The molecule has 1 heteroatoms. The lowest BCUT2D eigenvalue weighted by Crippen LogP contribution is -2.25. The molecule has 2 bridgehead atoms. The van der Waals surface area contributed by atoms with E-state index in [0.717, 1.165) is 12.3 Å². The van der Waals surface area contributed by atoms with Crippen LogP contribution in [0.15, 0.2) is 0 Å². The molecule has 13 heavy (non-hydrogen) atoms. The van der Waals surface area contributed by atoms with Gasteiger partial charge in [-0.25, -0.2) is 0 Å². The lowest BCUT2D eigenvalue weighted by Gasteiger charge is -2.33. The van der Waals surface area contributed by atoms with Crippen LogP contribution in [-0.4, -0.2) is 5.78 Å². The average Bonchev–Trinajstić information content (AvgIpc) is 2.62. The first-order valence-corrected chi connectivity index (χ1v) is 5.62. The second-order valence-electron chi connectivity index (χ2n) is 5.32. The standard InChI is InChI=1S/C12H20O/c1-9(7-10(2)13)12-5-3-11(8-12)4-6-12/h9,11H,3-8H2,1-2H3. The Morgan fingerprint density at radius 3 is 2.46 bits per heavy atom. The Labute approximate surface area is 80.9 Å². The highest BCUT2D eigenvalue weighted by Crippen LogP contribution is 2.58. The van der Waals surface area contributed by atoms with Gasteiger partial charge in [-0.2, -0.15) is 0 Å². The molecular formula is C12H20O. The summed E-state index contributed by atoms with van der Waals surface area (Å²) in [5.74, 6) is 2.02. The van der Waals surface area contributed by atoms with Crippen LogP contribution < -0.4 is 0 Å². The first-order chi connectivity index (χ1) is 6.12. The lowest BCUT2D eigenvalue weighted by atomic mass is 9.72. The molecule has 0 aromatic rings. The van der Waals surface area contributed by atoms with Crippen molar-refractivity contribution in [2.24, 2.45) is 17.3 Å². The van der Waals surface area contributed by atoms with Crippen molar-refractivity contribution in [1.82, 2.24) is 0 Å². The summed E-state index contributed by atoms with van der Waals surface area (Å²) in [4.78, 5) is 11.1. The summed E-state index contributed by atoms with van der Waals surface area (Å²) in [5.41, 5.74) is 0.580. The van der Waals surface area contributed by atoms with Crippen molar-refractivity contribution in [3.8, 4) is 0 Å². The quantitative estimate of drug-likeness (QED) is 0.652. The van der Waals surface area contributed by atoms with E-state index in [-0.39, 0.29) is 0 Å². The van der Waals surface area contributed by atoms with E-state index < -0.39 is 0 Å². The van der Waals surface area contributed by atoms with E-state index in [4.69, 9.17) is 0 Å². The largest absolute Gasteiger partial charge is 0.300 e. The van der Waals surface area contributed by atoms with Crippen molar-refractivity contribution >= 4 is 5.78 Å². The van der Waals surface area contributed by atoms with Gasteiger partial charge in [-0.15, -0.1) is 0 Å². The average molecular weight is 180 g/mol. The molecule has 1 atom stereocenters. The SMILES string of the molecule is CC(=O)CC(C)C12CCC(CC1)C2. The van der Waals surface area contributed by atoms with Crippen LogP contribution in [0.25, 0.3) is 0 Å². The van der Waals surface area contributed by atoms with E-state index in [1.807, 2.05) is 0 Å². The van der Waals surface area contributed by atoms with Crippen molar-refractivity contribution in [1.29, 1.82) is 0 Å². The number of carbonyl (C=O) groups is 1. The van der Waals surface area contributed by atoms with Crippen LogP contribution in [0.2, 0.25) is 0 Å². The van der Waals surface area contributed by atoms with E-state index in [2.05, 4.69) is 6.92 Å². The topological polar surface area (TPSA) is 17.1 Å². The number of hydrogen-bond donors (Lipinski definition) is 0. The molecular weight excluding hydrogens is 160 g/mol. The molecule has 2 aliphatic rings. The summed E-state index contributed by atoms with van der Waals surface area (Å²) in [6.07, 6.45) is 7.89. The van der Waals surface area contributed by atoms with Gasteiger partial charge in [-0.3, -0.25) is 0 Å². The smallest absolute Gasteiger partial charge is 0.130 e. The van der Waals surface area contributed by atoms with Crippen molar-refractivity contribution < 1.29 is 4.79 Å². The molecule has 74 valence electrons. The highest BCUT2D eigenvalue weighted by atomic mass is 16.1. The third kappa shape index (κ3) is 1.53. The molecule has 2 rings (SSSR count). The zero-order valence-electron chi connectivity index (χ0n) is 8.81. The van der Waals surface area contributed by atoms with E-state index in [0.29, 0.717) is 17.1 Å². The van der Waals surface area contributed by atoms with E-state index >= 15 is 0 Å². The third-order valence-corrected chi connectivity index (χ3v) is 4.44. The molecule has 0 aliphatic heterocycles. The Bertz CT molecular complexity index is 211. The Kier molecular flexibility index (Phi) is 2.21. The fourth-order valence-corrected chi connectivity index (χ4v) is 3.58. The van der Waals surface area contributed by atoms with Crippen molar-refractivity contribution in [3.63, 3.8) is 0 Å². The van der Waals surface area contributed by atoms with Gasteiger partial charge in [-0.1, -0.05) is 6.92 Å². The number of Topliss-reactive ketones (excluding diaryl/α,β-unsaturated/α-hetero) is 1. The van der Waals surface area contributed by atoms with Crippen LogP contribution in [0.3, 0.4) is 0 Å². The van der Waals surface area contributed by atoms with Crippen LogP contribution in [-0.2, 0) is 4.79 Å². The minimum Gasteiger partial charge on any atom is -0.300 e. The number of ketones is 1. The summed E-state index contributed by atoms with van der Waals surface area (Å²) in [5, 5.41) is 0. The van der Waals surface area contributed by atoms with Gasteiger partial charge in [0.1, 0.15) is 5.78 Å². The van der Waals surface area contributed by atoms with Gasteiger partial charge in [0.25, 0.3) is 0 Å². The predicted molar refractivity (Wildman–Crippen MR) is 53.5 cm³/mol. The first kappa shape index (κ1) is 9.23. The maximum atomic E-state index is 11.1. The number of fused-ring (bicyclic) bond motifs is 2. The zero-order valence-corrected chi connectivity index (χ0v) is 8.81. The number of carbonyl (C=O) groups excluding carboxylic acids is 1. The molecule has 0 saturated heterocycles. The van der Waals surface area contributed by atoms with Gasteiger partial charge in [0, 0.05) is 6.42 Å². The van der Waals surface area contributed by atoms with Gasteiger partial charge >= 0.3 is 0 Å². The molecule has 1 nitrogen and oxygen atoms in total. The maximum Gasteiger partial charge on any atom is 0.130 e. The highest BCUT2D eigenvalue weighted by molar-refractivity contribution is 5.75. The highest BCUT2D eigenvalue weighted by Gasteiger charge is 2.47. The van der Waals surface area contributed by atoms with Crippen molar-refractivity contribution in [3.05, 3.63) is 0 Å². The Hall–Kier alpha value is -0.330. The van der Waals surface area contributed by atoms with Gasteiger partial charge in [0.05, 0.1) is 0 Å². The molecule has 0 aromatic carbocycles. The monoisotopic (exact) mass is 180 g/mol. The maximum absolute atomic E-state index is 11.1. The number of hydrogen-bond acceptors (Lipinski definition) is 1. The third-order valence-electron chi connectivity index (χ3n) is 4.44. The summed E-state index contributed by atoms with van der Waals surface area (Å²) in [6.45, 7) is 4.02. The van der Waals surface area contributed by atoms with Gasteiger partial charge in [-0.05, 0) is 56.3 Å². The molecule has 0 aromatic heterocycles. The molecule has 0 amide bonds. The molecule has 1 unspecified atom stereocenters. The summed E-state index contributed by atoms with van der Waals surface area (Å²) >= 11 is 0. The van der Waals surface area contributed by atoms with E-state index in [9.17, 15) is 4.79 Å². The Morgan fingerprint density at radius 2 is 2.08 bits per heavy atom. The molecule has 0 spiro atoms. The minimum absolute atomic E-state index is 0.372. The molecule has 2 fully saturated rings. The van der Waals surface area contributed by atoms with Crippen LogP contribution in [0.4, 0.5) is 0 Å². The van der Waals surface area contributed by atoms with Crippen LogP contribution in [0.1, 0.15) is 52.4 Å². The first-order valence-electron chi connectivity index (χ1n) is 5.62. The Morgan fingerprint density at radius 1 is 1.46 bits per heavy atom. The molecule has 0 radical (unpaired) electrons. The summed E-state index contributed by atoms with van der Waals surface area (Å²) in [6, 6.07) is 0. The fraction of sp³-hybridized carbons (Fsp3) is 0.917. The summed E-state index contributed by atoms with van der Waals surface area (Å²) in [7, 11) is 0. The minimum atomic E-state index is 0.372. The molecule has 2 aliphatic carbocycles. The normalized spacial score (nSPS) is 39.4. The fourth-order valence-electron chi connectivity index (χ4n) is 3.58. The predicted octanol–water partition coefficient (Wildman–Crippen LogP) is 3.18. The Balaban J connectivity index is 2.02. The van der Waals surface area contributed by atoms with E-state index in [1.54, 1.807) is 6.92 Å². The van der Waals surface area contributed by atoms with Crippen LogP contribution in [0.5, 0.6) is 0 Å². The van der Waals surface area contributed by atoms with Crippen molar-refractivity contribution in [2.75, 3.05) is 0 Å². The molecule has 0 N–H and O–H groups in total. The van der Waals surface area contributed by atoms with Gasteiger partial charge < -0.3 is 4.79 Å². The zero-order chi connectivity index (χ0) is 9.47. The summed E-state index contributed by atoms with van der Waals surface area (Å²) < 4.78 is 0.